The minimum atomic E-state index is -0.665. The van der Waals surface area contributed by atoms with Crippen LogP contribution in [0.3, 0.4) is 0 Å². The molecule has 40 heavy (non-hydrogen) atoms. The van der Waals surface area contributed by atoms with E-state index in [9.17, 15) is 14.4 Å². The fraction of sp³-hybridized carbons (Fsp3) is 0.452. The Morgan fingerprint density at radius 1 is 1.10 bits per heavy atom. The summed E-state index contributed by atoms with van der Waals surface area (Å²) in [6.07, 6.45) is 7.17. The van der Waals surface area contributed by atoms with Crippen molar-refractivity contribution in [2.24, 2.45) is 0 Å². The number of carbonyl (C=O) groups is 3. The van der Waals surface area contributed by atoms with Crippen molar-refractivity contribution in [3.8, 4) is 12.3 Å². The number of terminal acetylenes is 1. The Labute approximate surface area is 237 Å². The lowest BCUT2D eigenvalue weighted by Crippen LogP contribution is -2.76. The summed E-state index contributed by atoms with van der Waals surface area (Å²) in [7, 11) is 0. The molecule has 212 valence electrons. The van der Waals surface area contributed by atoms with Gasteiger partial charge in [-0.1, -0.05) is 85.8 Å². The number of urea groups is 1. The third-order valence-electron chi connectivity index (χ3n) is 7.32. The molecule has 2 aromatic carbocycles. The molecule has 9 nitrogen and oxygen atoms in total. The summed E-state index contributed by atoms with van der Waals surface area (Å²) in [5, 5.41) is 6.11. The number of hydrogen-bond donors (Lipinski definition) is 1. The molecule has 0 spiro atoms. The van der Waals surface area contributed by atoms with Gasteiger partial charge in [0.1, 0.15) is 12.2 Å². The van der Waals surface area contributed by atoms with Gasteiger partial charge in [0.05, 0.1) is 32.8 Å². The standard InChI is InChI=1S/C31H39N5O4/c1-4-6-12-27-30(38)33(18-19-40-23-26-15-13-24(3)14-16-26)21-28-35(27)29(37)22-34(17-5-2)36(28)31(39)32-20-25-10-8-7-9-11-25/h2,7-11,13-16,27-28H,4,6,12,17-23H2,1,3H3,(H,32,39)/t27-,28-/m0/s1. The van der Waals surface area contributed by atoms with E-state index in [1.807, 2.05) is 61.5 Å². The van der Waals surface area contributed by atoms with E-state index in [2.05, 4.69) is 18.2 Å². The molecule has 0 radical (unpaired) electrons. The molecule has 2 saturated heterocycles. The van der Waals surface area contributed by atoms with Crippen molar-refractivity contribution in [2.75, 3.05) is 32.8 Å². The molecule has 4 amide bonds. The number of carbonyl (C=O) groups excluding carboxylic acids is 3. The molecular weight excluding hydrogens is 506 g/mol. The Hall–Kier alpha value is -3.87. The summed E-state index contributed by atoms with van der Waals surface area (Å²) in [5.74, 6) is 2.27. The first kappa shape index (κ1) is 29.1. The van der Waals surface area contributed by atoms with Crippen LogP contribution in [-0.4, -0.2) is 82.7 Å². The second kappa shape index (κ2) is 14.0. The molecule has 0 aliphatic carbocycles. The van der Waals surface area contributed by atoms with E-state index in [1.165, 1.54) is 10.6 Å². The molecule has 4 rings (SSSR count). The van der Waals surface area contributed by atoms with Crippen molar-refractivity contribution in [3.63, 3.8) is 0 Å². The topological polar surface area (TPSA) is 85.4 Å². The Kier molecular flexibility index (Phi) is 10.2. The molecule has 2 atom stereocenters. The Morgan fingerprint density at radius 3 is 2.55 bits per heavy atom. The highest BCUT2D eigenvalue weighted by molar-refractivity contribution is 5.91. The van der Waals surface area contributed by atoms with Gasteiger partial charge in [0.2, 0.25) is 11.8 Å². The van der Waals surface area contributed by atoms with Crippen LogP contribution in [0.4, 0.5) is 4.79 Å². The van der Waals surface area contributed by atoms with E-state index < -0.39 is 12.2 Å². The summed E-state index contributed by atoms with van der Waals surface area (Å²) < 4.78 is 5.90. The molecule has 9 heteroatoms. The number of amides is 4. The van der Waals surface area contributed by atoms with E-state index in [4.69, 9.17) is 11.2 Å². The summed E-state index contributed by atoms with van der Waals surface area (Å²) in [4.78, 5) is 44.0. The second-order valence-electron chi connectivity index (χ2n) is 10.3. The summed E-state index contributed by atoms with van der Waals surface area (Å²) in [6, 6.07) is 16.8. The maximum absolute atomic E-state index is 13.6. The largest absolute Gasteiger partial charge is 0.375 e. The number of hydrazine groups is 1. The average molecular weight is 546 g/mol. The van der Waals surface area contributed by atoms with Crippen molar-refractivity contribution >= 4 is 17.8 Å². The quantitative estimate of drug-likeness (QED) is 0.347. The highest BCUT2D eigenvalue weighted by atomic mass is 16.5. The monoisotopic (exact) mass is 545 g/mol. The van der Waals surface area contributed by atoms with Gasteiger partial charge in [-0.3, -0.25) is 9.59 Å². The fourth-order valence-electron chi connectivity index (χ4n) is 5.22. The molecule has 0 aromatic heterocycles. The number of ether oxygens (including phenoxy) is 1. The van der Waals surface area contributed by atoms with Gasteiger partial charge >= 0.3 is 6.03 Å². The van der Waals surface area contributed by atoms with Crippen LogP contribution >= 0.6 is 0 Å². The van der Waals surface area contributed by atoms with Crippen LogP contribution in [0.1, 0.15) is 42.9 Å². The zero-order valence-electron chi connectivity index (χ0n) is 23.4. The van der Waals surface area contributed by atoms with Crippen LogP contribution in [0, 0.1) is 19.3 Å². The van der Waals surface area contributed by atoms with E-state index in [-0.39, 0.29) is 37.5 Å². The number of aryl methyl sites for hydroxylation is 1. The number of nitrogens with one attached hydrogen (secondary N) is 1. The van der Waals surface area contributed by atoms with Gasteiger partial charge in [-0.15, -0.1) is 6.42 Å². The summed E-state index contributed by atoms with van der Waals surface area (Å²) in [6.45, 7) is 5.79. The molecule has 0 bridgehead atoms. The zero-order chi connectivity index (χ0) is 28.5. The second-order valence-corrected chi connectivity index (χ2v) is 10.3. The van der Waals surface area contributed by atoms with Crippen LogP contribution in [-0.2, 0) is 27.5 Å². The fourth-order valence-corrected chi connectivity index (χ4v) is 5.22. The molecule has 2 aliphatic heterocycles. The van der Waals surface area contributed by atoms with Crippen LogP contribution in [0.5, 0.6) is 0 Å². The predicted octanol–water partition coefficient (Wildman–Crippen LogP) is 3.14. The van der Waals surface area contributed by atoms with E-state index >= 15 is 0 Å². The van der Waals surface area contributed by atoms with Crippen molar-refractivity contribution < 1.29 is 19.1 Å². The van der Waals surface area contributed by atoms with Gasteiger partial charge in [-0.05, 0) is 24.5 Å². The van der Waals surface area contributed by atoms with Gasteiger partial charge in [0.15, 0.2) is 0 Å². The first-order valence-electron chi connectivity index (χ1n) is 14.0. The average Bonchev–Trinajstić information content (AvgIpc) is 2.96. The highest BCUT2D eigenvalue weighted by Crippen LogP contribution is 2.28. The highest BCUT2D eigenvalue weighted by Gasteiger charge is 2.50. The minimum absolute atomic E-state index is 0.0605. The lowest BCUT2D eigenvalue weighted by molar-refractivity contribution is -0.189. The lowest BCUT2D eigenvalue weighted by atomic mass is 10.0. The van der Waals surface area contributed by atoms with Crippen LogP contribution in [0.15, 0.2) is 54.6 Å². The molecule has 2 aliphatic rings. The smallest absolute Gasteiger partial charge is 0.334 e. The molecular formula is C31H39N5O4. The third kappa shape index (κ3) is 7.00. The third-order valence-corrected chi connectivity index (χ3v) is 7.32. The molecule has 2 heterocycles. The van der Waals surface area contributed by atoms with Crippen molar-refractivity contribution in [3.05, 3.63) is 71.3 Å². The van der Waals surface area contributed by atoms with Gasteiger partial charge in [-0.2, -0.15) is 5.01 Å². The first-order chi connectivity index (χ1) is 19.4. The van der Waals surface area contributed by atoms with E-state index in [0.717, 1.165) is 24.0 Å². The van der Waals surface area contributed by atoms with Gasteiger partial charge in [-0.25, -0.2) is 9.80 Å². The van der Waals surface area contributed by atoms with Crippen molar-refractivity contribution in [1.29, 1.82) is 0 Å². The summed E-state index contributed by atoms with van der Waals surface area (Å²) >= 11 is 0. The van der Waals surface area contributed by atoms with Gasteiger partial charge in [0.25, 0.3) is 0 Å². The van der Waals surface area contributed by atoms with Crippen LogP contribution < -0.4 is 5.32 Å². The molecule has 0 saturated carbocycles. The molecule has 2 aromatic rings. The van der Waals surface area contributed by atoms with Crippen molar-refractivity contribution in [1.82, 2.24) is 25.1 Å². The zero-order valence-corrected chi connectivity index (χ0v) is 23.4. The minimum Gasteiger partial charge on any atom is -0.375 e. The van der Waals surface area contributed by atoms with E-state index in [1.54, 1.807) is 14.8 Å². The number of benzene rings is 2. The number of hydrogen-bond acceptors (Lipinski definition) is 5. The van der Waals surface area contributed by atoms with Gasteiger partial charge < -0.3 is 19.9 Å². The molecule has 0 unspecified atom stereocenters. The van der Waals surface area contributed by atoms with E-state index in [0.29, 0.717) is 32.7 Å². The normalized spacial score (nSPS) is 19.4. The first-order valence-corrected chi connectivity index (χ1v) is 14.0. The SMILES string of the molecule is C#CCN1CC(=O)N2[C@@H](CCCC)C(=O)N(CCOCc3ccc(C)cc3)C[C@@H]2N1C(=O)NCc1ccccc1. The Bertz CT molecular complexity index is 1200. The Morgan fingerprint density at radius 2 is 1.85 bits per heavy atom. The number of nitrogens with zero attached hydrogens (tertiary/aromatic N) is 4. The van der Waals surface area contributed by atoms with Crippen LogP contribution in [0.2, 0.25) is 0 Å². The maximum atomic E-state index is 13.6. The molecule has 2 fully saturated rings. The maximum Gasteiger partial charge on any atom is 0.334 e. The predicted molar refractivity (Wildman–Crippen MR) is 152 cm³/mol. The van der Waals surface area contributed by atoms with Crippen molar-refractivity contribution in [2.45, 2.75) is 58.5 Å². The van der Waals surface area contributed by atoms with Gasteiger partial charge in [0, 0.05) is 13.1 Å². The number of rotatable bonds is 11. The Balaban J connectivity index is 1.51. The number of unbranched alkanes of at least 4 members (excludes halogenated alkanes) is 1. The summed E-state index contributed by atoms with van der Waals surface area (Å²) in [5.41, 5.74) is 3.20. The number of fused-ring (bicyclic) bond motifs is 1. The van der Waals surface area contributed by atoms with Crippen LogP contribution in [0.25, 0.3) is 0 Å². The molecule has 1 N–H and O–H groups in total. The lowest BCUT2D eigenvalue weighted by Gasteiger charge is -2.55. The number of piperazine rings is 1.